The molecule has 0 aliphatic carbocycles. The molecule has 1 saturated heterocycles. The first kappa shape index (κ1) is 16.8. The third-order valence-electron chi connectivity index (χ3n) is 4.72. The number of piperazine rings is 1. The number of benzene rings is 1. The van der Waals surface area contributed by atoms with Crippen LogP contribution in [0.5, 0.6) is 0 Å². The number of nitrogens with zero attached hydrogens (tertiary/aromatic N) is 4. The van der Waals surface area contributed by atoms with Crippen molar-refractivity contribution in [2.75, 3.05) is 31.1 Å². The van der Waals surface area contributed by atoms with Gasteiger partial charge in [0.15, 0.2) is 0 Å². The Morgan fingerprint density at radius 2 is 1.77 bits per heavy atom. The molecule has 134 valence electrons. The van der Waals surface area contributed by atoms with Crippen molar-refractivity contribution in [1.82, 2.24) is 14.3 Å². The second kappa shape index (κ2) is 6.61. The van der Waals surface area contributed by atoms with E-state index in [2.05, 4.69) is 9.88 Å². The van der Waals surface area contributed by atoms with E-state index >= 15 is 0 Å². The van der Waals surface area contributed by atoms with Gasteiger partial charge in [-0.15, -0.1) is 0 Å². The lowest BCUT2D eigenvalue weighted by Gasteiger charge is -2.36. The quantitative estimate of drug-likeness (QED) is 0.692. The molecule has 5 nitrogen and oxygen atoms in total. The van der Waals surface area contributed by atoms with E-state index in [1.165, 1.54) is 12.1 Å². The number of pyridine rings is 1. The van der Waals surface area contributed by atoms with E-state index in [1.54, 1.807) is 34.9 Å². The number of fused-ring (bicyclic) bond motifs is 1. The Morgan fingerprint density at radius 1 is 1.08 bits per heavy atom. The van der Waals surface area contributed by atoms with E-state index in [-0.39, 0.29) is 11.7 Å². The summed E-state index contributed by atoms with van der Waals surface area (Å²) in [7, 11) is 0. The van der Waals surface area contributed by atoms with Crippen LogP contribution in [0.2, 0.25) is 5.02 Å². The van der Waals surface area contributed by atoms with Gasteiger partial charge in [-0.1, -0.05) is 11.6 Å². The van der Waals surface area contributed by atoms with Crippen molar-refractivity contribution >= 4 is 28.8 Å². The Kier molecular flexibility index (Phi) is 4.28. The summed E-state index contributed by atoms with van der Waals surface area (Å²) in [6.45, 7) is 4.44. The van der Waals surface area contributed by atoms with Gasteiger partial charge >= 0.3 is 0 Å². The summed E-state index contributed by atoms with van der Waals surface area (Å²) in [5.74, 6) is -0.291. The molecule has 7 heteroatoms. The average molecular weight is 373 g/mol. The van der Waals surface area contributed by atoms with Crippen LogP contribution >= 0.6 is 11.6 Å². The predicted octanol–water partition coefficient (Wildman–Crippen LogP) is 3.40. The lowest BCUT2D eigenvalue weighted by atomic mass is 10.2. The number of hydrogen-bond acceptors (Lipinski definition) is 3. The Hall–Kier alpha value is -2.60. The molecule has 2 aromatic heterocycles. The molecule has 3 heterocycles. The van der Waals surface area contributed by atoms with Crippen LogP contribution in [0.1, 0.15) is 16.2 Å². The highest BCUT2D eigenvalue weighted by atomic mass is 35.5. The first-order valence-corrected chi connectivity index (χ1v) is 8.85. The van der Waals surface area contributed by atoms with Gasteiger partial charge in [-0.25, -0.2) is 9.37 Å². The minimum absolute atomic E-state index is 0.0453. The number of carbonyl (C=O) groups excluding carboxylic acids is 1. The van der Waals surface area contributed by atoms with Crippen LogP contribution in [0.15, 0.2) is 42.6 Å². The summed E-state index contributed by atoms with van der Waals surface area (Å²) in [6.07, 6.45) is 1.72. The van der Waals surface area contributed by atoms with Gasteiger partial charge in [-0.3, -0.25) is 9.20 Å². The molecule has 0 saturated carbocycles. The van der Waals surface area contributed by atoms with Gasteiger partial charge in [0.05, 0.1) is 10.7 Å². The van der Waals surface area contributed by atoms with Crippen LogP contribution in [0, 0.1) is 12.7 Å². The van der Waals surface area contributed by atoms with Gasteiger partial charge < -0.3 is 9.80 Å². The molecule has 1 amide bonds. The monoisotopic (exact) mass is 372 g/mol. The summed E-state index contributed by atoms with van der Waals surface area (Å²) in [6, 6.07) is 10.0. The number of aryl methyl sites for hydroxylation is 1. The van der Waals surface area contributed by atoms with Crippen LogP contribution in [-0.2, 0) is 0 Å². The van der Waals surface area contributed by atoms with E-state index in [0.29, 0.717) is 48.2 Å². The van der Waals surface area contributed by atoms with E-state index in [9.17, 15) is 9.18 Å². The van der Waals surface area contributed by atoms with Gasteiger partial charge in [0.1, 0.15) is 17.2 Å². The Labute approximate surface area is 155 Å². The van der Waals surface area contributed by atoms with Gasteiger partial charge in [0.25, 0.3) is 5.91 Å². The molecular formula is C19H18ClFN4O. The maximum absolute atomic E-state index is 13.1. The number of anilines is 1. The second-order valence-electron chi connectivity index (χ2n) is 6.38. The molecule has 1 aromatic carbocycles. The van der Waals surface area contributed by atoms with Gasteiger partial charge in [-0.05, 0) is 43.3 Å². The van der Waals surface area contributed by atoms with Crippen LogP contribution in [-0.4, -0.2) is 46.4 Å². The summed E-state index contributed by atoms with van der Waals surface area (Å²) < 4.78 is 14.8. The molecule has 3 aromatic rings. The molecular weight excluding hydrogens is 355 g/mol. The van der Waals surface area contributed by atoms with Crippen molar-refractivity contribution in [1.29, 1.82) is 0 Å². The summed E-state index contributed by atoms with van der Waals surface area (Å²) in [5.41, 5.74) is 2.92. The molecule has 1 aliphatic heterocycles. The lowest BCUT2D eigenvalue weighted by Crippen LogP contribution is -2.49. The first-order chi connectivity index (χ1) is 12.5. The number of halogens is 2. The normalized spacial score (nSPS) is 14.9. The van der Waals surface area contributed by atoms with E-state index < -0.39 is 0 Å². The fourth-order valence-electron chi connectivity index (χ4n) is 3.36. The maximum atomic E-state index is 13.1. The minimum Gasteiger partial charge on any atom is -0.368 e. The first-order valence-electron chi connectivity index (χ1n) is 8.47. The molecule has 1 fully saturated rings. The van der Waals surface area contributed by atoms with Gasteiger partial charge in [0.2, 0.25) is 0 Å². The molecule has 0 atom stereocenters. The number of amides is 1. The van der Waals surface area contributed by atoms with Gasteiger partial charge in [0, 0.05) is 38.1 Å². The fraction of sp³-hybridized carbons (Fsp3) is 0.263. The Morgan fingerprint density at radius 3 is 2.46 bits per heavy atom. The van der Waals surface area contributed by atoms with E-state index in [0.717, 1.165) is 5.69 Å². The molecule has 1 aliphatic rings. The zero-order chi connectivity index (χ0) is 18.3. The standard InChI is InChI=1S/C19H18ClFN4O/c1-13-18(25-12-14(20)2-7-17(25)22-13)19(26)24-10-8-23(9-11-24)16-5-3-15(21)4-6-16/h2-7,12H,8-11H2,1H3. The van der Waals surface area contributed by atoms with Gasteiger partial charge in [-0.2, -0.15) is 0 Å². The van der Waals surface area contributed by atoms with E-state index in [4.69, 9.17) is 11.6 Å². The number of aromatic nitrogens is 2. The number of carbonyl (C=O) groups is 1. The third kappa shape index (κ3) is 3.01. The van der Waals surface area contributed by atoms with Crippen molar-refractivity contribution in [2.45, 2.75) is 6.92 Å². The highest BCUT2D eigenvalue weighted by Gasteiger charge is 2.26. The van der Waals surface area contributed by atoms with E-state index in [1.807, 2.05) is 11.8 Å². The zero-order valence-corrected chi connectivity index (χ0v) is 15.1. The van der Waals surface area contributed by atoms with Crippen molar-refractivity contribution in [3.05, 3.63) is 64.8 Å². The van der Waals surface area contributed by atoms with Crippen molar-refractivity contribution in [2.24, 2.45) is 0 Å². The molecule has 0 unspecified atom stereocenters. The highest BCUT2D eigenvalue weighted by molar-refractivity contribution is 6.30. The number of rotatable bonds is 2. The van der Waals surface area contributed by atoms with Crippen LogP contribution in [0.25, 0.3) is 5.65 Å². The summed E-state index contributed by atoms with van der Waals surface area (Å²) >= 11 is 6.08. The molecule has 0 radical (unpaired) electrons. The third-order valence-corrected chi connectivity index (χ3v) is 4.94. The Balaban J connectivity index is 1.53. The molecule has 26 heavy (non-hydrogen) atoms. The van der Waals surface area contributed by atoms with Crippen molar-refractivity contribution < 1.29 is 9.18 Å². The fourth-order valence-corrected chi connectivity index (χ4v) is 3.52. The molecule has 4 rings (SSSR count). The van der Waals surface area contributed by atoms with Crippen molar-refractivity contribution in [3.8, 4) is 0 Å². The smallest absolute Gasteiger partial charge is 0.272 e. The molecule has 0 spiro atoms. The highest BCUT2D eigenvalue weighted by Crippen LogP contribution is 2.21. The maximum Gasteiger partial charge on any atom is 0.272 e. The summed E-state index contributed by atoms with van der Waals surface area (Å²) in [4.78, 5) is 21.5. The van der Waals surface area contributed by atoms with Crippen LogP contribution < -0.4 is 4.90 Å². The minimum atomic E-state index is -0.246. The largest absolute Gasteiger partial charge is 0.368 e. The predicted molar refractivity (Wildman–Crippen MR) is 99.5 cm³/mol. The number of imidazole rings is 1. The molecule has 0 N–H and O–H groups in total. The van der Waals surface area contributed by atoms with Crippen LogP contribution in [0.4, 0.5) is 10.1 Å². The second-order valence-corrected chi connectivity index (χ2v) is 6.81. The zero-order valence-electron chi connectivity index (χ0n) is 14.3. The lowest BCUT2D eigenvalue weighted by molar-refractivity contribution is 0.0739. The number of hydrogen-bond donors (Lipinski definition) is 0. The average Bonchev–Trinajstić information content (AvgIpc) is 2.97. The SMILES string of the molecule is Cc1nc2ccc(Cl)cn2c1C(=O)N1CCN(c2ccc(F)cc2)CC1. The van der Waals surface area contributed by atoms with Crippen molar-refractivity contribution in [3.63, 3.8) is 0 Å². The molecule has 0 bridgehead atoms. The topological polar surface area (TPSA) is 40.9 Å². The summed E-state index contributed by atoms with van der Waals surface area (Å²) in [5, 5.41) is 0.560. The van der Waals surface area contributed by atoms with Crippen LogP contribution in [0.3, 0.4) is 0 Å². The Bertz CT molecular complexity index is 962.